The van der Waals surface area contributed by atoms with Crippen LogP contribution in [0.3, 0.4) is 0 Å². The molecule has 0 radical (unpaired) electrons. The molecule has 0 bridgehead atoms. The average molecular weight is 295 g/mol. The Morgan fingerprint density at radius 3 is 2.43 bits per heavy atom. The molecular formula is C14H21N3O4. The van der Waals surface area contributed by atoms with Crippen LogP contribution in [0.4, 0.5) is 11.4 Å². The number of ether oxygens (including phenoxy) is 2. The summed E-state index contributed by atoms with van der Waals surface area (Å²) >= 11 is 0. The van der Waals surface area contributed by atoms with Gasteiger partial charge in [-0.25, -0.2) is 0 Å². The van der Waals surface area contributed by atoms with Crippen LogP contribution in [0, 0.1) is 10.1 Å². The summed E-state index contributed by atoms with van der Waals surface area (Å²) in [7, 11) is 2.95. The second-order valence-corrected chi connectivity index (χ2v) is 5.18. The van der Waals surface area contributed by atoms with E-state index in [0.717, 1.165) is 25.7 Å². The lowest BCUT2D eigenvalue weighted by Gasteiger charge is -2.30. The molecule has 0 saturated heterocycles. The fourth-order valence-electron chi connectivity index (χ4n) is 2.67. The minimum atomic E-state index is -0.432. The third kappa shape index (κ3) is 3.36. The molecule has 0 spiro atoms. The molecule has 3 N–H and O–H groups in total. The van der Waals surface area contributed by atoms with Crippen LogP contribution in [0.25, 0.3) is 0 Å². The molecule has 21 heavy (non-hydrogen) atoms. The molecule has 7 nitrogen and oxygen atoms in total. The second-order valence-electron chi connectivity index (χ2n) is 5.18. The molecule has 1 fully saturated rings. The van der Waals surface area contributed by atoms with Crippen LogP contribution in [0.5, 0.6) is 11.5 Å². The van der Waals surface area contributed by atoms with Crippen LogP contribution in [-0.4, -0.2) is 31.2 Å². The van der Waals surface area contributed by atoms with Crippen LogP contribution >= 0.6 is 0 Å². The molecule has 1 aromatic carbocycles. The zero-order valence-corrected chi connectivity index (χ0v) is 12.3. The normalized spacial score (nSPS) is 21.7. The van der Waals surface area contributed by atoms with Crippen molar-refractivity contribution >= 4 is 11.4 Å². The maximum Gasteiger partial charge on any atom is 0.296 e. The first-order valence-electron chi connectivity index (χ1n) is 6.99. The molecule has 0 unspecified atom stereocenters. The Morgan fingerprint density at radius 2 is 1.86 bits per heavy atom. The van der Waals surface area contributed by atoms with Crippen molar-refractivity contribution in [1.82, 2.24) is 0 Å². The molecule has 1 aliphatic rings. The van der Waals surface area contributed by atoms with Crippen LogP contribution in [0.2, 0.25) is 0 Å². The van der Waals surface area contributed by atoms with Gasteiger partial charge in [0.15, 0.2) is 11.5 Å². The molecule has 0 aliphatic heterocycles. The van der Waals surface area contributed by atoms with Gasteiger partial charge in [-0.05, 0) is 12.8 Å². The van der Waals surface area contributed by atoms with Gasteiger partial charge in [0.1, 0.15) is 5.69 Å². The van der Waals surface area contributed by atoms with E-state index in [4.69, 9.17) is 15.2 Å². The molecular weight excluding hydrogens is 274 g/mol. The monoisotopic (exact) mass is 295 g/mol. The van der Waals surface area contributed by atoms with Crippen molar-refractivity contribution in [3.05, 3.63) is 22.2 Å². The highest BCUT2D eigenvalue weighted by Crippen LogP contribution is 2.38. The van der Waals surface area contributed by atoms with Crippen molar-refractivity contribution < 1.29 is 14.4 Å². The molecule has 1 aromatic rings. The van der Waals surface area contributed by atoms with Gasteiger partial charge in [-0.15, -0.1) is 0 Å². The van der Waals surface area contributed by atoms with E-state index in [9.17, 15) is 10.1 Å². The van der Waals surface area contributed by atoms with Gasteiger partial charge in [0, 0.05) is 18.2 Å². The Morgan fingerprint density at radius 1 is 1.24 bits per heavy atom. The Balaban J connectivity index is 2.33. The van der Waals surface area contributed by atoms with Crippen LogP contribution in [-0.2, 0) is 0 Å². The number of hydrogen-bond donors (Lipinski definition) is 2. The van der Waals surface area contributed by atoms with E-state index >= 15 is 0 Å². The van der Waals surface area contributed by atoms with Gasteiger partial charge in [-0.2, -0.15) is 0 Å². The molecule has 0 heterocycles. The second kappa shape index (κ2) is 6.62. The molecule has 0 amide bonds. The van der Waals surface area contributed by atoms with E-state index in [1.54, 1.807) is 6.07 Å². The van der Waals surface area contributed by atoms with Crippen molar-refractivity contribution in [1.29, 1.82) is 0 Å². The van der Waals surface area contributed by atoms with E-state index in [1.807, 2.05) is 0 Å². The topological polar surface area (TPSA) is 99.7 Å². The van der Waals surface area contributed by atoms with Crippen molar-refractivity contribution in [3.8, 4) is 11.5 Å². The lowest BCUT2D eigenvalue weighted by Crippen LogP contribution is -2.42. The number of nitrogens with two attached hydrogens (primary N) is 1. The summed E-state index contributed by atoms with van der Waals surface area (Å²) in [6.45, 7) is 0. The number of nitrogens with one attached hydrogen (secondary N) is 1. The molecule has 0 aromatic heterocycles. The zero-order chi connectivity index (χ0) is 15.4. The van der Waals surface area contributed by atoms with E-state index in [0.29, 0.717) is 17.2 Å². The lowest BCUT2D eigenvalue weighted by molar-refractivity contribution is -0.384. The van der Waals surface area contributed by atoms with Gasteiger partial charge in [-0.3, -0.25) is 10.1 Å². The highest BCUT2D eigenvalue weighted by atomic mass is 16.6. The van der Waals surface area contributed by atoms with E-state index in [2.05, 4.69) is 5.32 Å². The highest BCUT2D eigenvalue weighted by Gasteiger charge is 2.26. The average Bonchev–Trinajstić information content (AvgIpc) is 2.48. The van der Waals surface area contributed by atoms with Gasteiger partial charge in [-0.1, -0.05) is 12.8 Å². The molecule has 1 aliphatic carbocycles. The summed E-state index contributed by atoms with van der Waals surface area (Å²) in [5, 5.41) is 14.5. The summed E-state index contributed by atoms with van der Waals surface area (Å²) in [6, 6.07) is 3.01. The Labute approximate surface area is 123 Å². The number of nitrogens with zero attached hydrogens (tertiary/aromatic N) is 1. The highest BCUT2D eigenvalue weighted by molar-refractivity contribution is 5.69. The Hall–Kier alpha value is -2.02. The maximum atomic E-state index is 11.3. The number of nitro benzene ring substituents is 1. The summed E-state index contributed by atoms with van der Waals surface area (Å²) < 4.78 is 10.3. The zero-order valence-electron chi connectivity index (χ0n) is 12.3. The first kappa shape index (κ1) is 15.4. The van der Waals surface area contributed by atoms with Crippen LogP contribution < -0.4 is 20.5 Å². The van der Waals surface area contributed by atoms with Gasteiger partial charge >= 0.3 is 0 Å². The summed E-state index contributed by atoms with van der Waals surface area (Å²) in [6.07, 6.45) is 4.02. The first-order valence-corrected chi connectivity index (χ1v) is 6.99. The number of anilines is 1. The van der Waals surface area contributed by atoms with Crippen LogP contribution in [0.1, 0.15) is 25.7 Å². The molecule has 2 rings (SSSR count). The van der Waals surface area contributed by atoms with Crippen molar-refractivity contribution in [2.45, 2.75) is 37.8 Å². The maximum absolute atomic E-state index is 11.3. The molecule has 2 atom stereocenters. The summed E-state index contributed by atoms with van der Waals surface area (Å²) in [5.74, 6) is 0.790. The predicted octanol–water partition coefficient (Wildman–Crippen LogP) is 2.29. The van der Waals surface area contributed by atoms with E-state index in [1.165, 1.54) is 20.3 Å². The smallest absolute Gasteiger partial charge is 0.296 e. The van der Waals surface area contributed by atoms with Crippen LogP contribution in [0.15, 0.2) is 12.1 Å². The summed E-state index contributed by atoms with van der Waals surface area (Å²) in [4.78, 5) is 10.8. The Kier molecular flexibility index (Phi) is 4.85. The quantitative estimate of drug-likeness (QED) is 0.638. The van der Waals surface area contributed by atoms with Gasteiger partial charge in [0.05, 0.1) is 25.2 Å². The number of hydrogen-bond acceptors (Lipinski definition) is 6. The molecule has 7 heteroatoms. The number of methoxy groups -OCH3 is 2. The first-order chi connectivity index (χ1) is 10.1. The fourth-order valence-corrected chi connectivity index (χ4v) is 2.67. The number of nitro groups is 1. The number of benzene rings is 1. The van der Waals surface area contributed by atoms with Gasteiger partial charge in [0.25, 0.3) is 5.69 Å². The SMILES string of the molecule is COc1cc(N[C@@H]2CCCC[C@H]2N)c([N+](=O)[O-])cc1OC. The molecule has 116 valence electrons. The van der Waals surface area contributed by atoms with Crippen molar-refractivity contribution in [2.75, 3.05) is 19.5 Å². The van der Waals surface area contributed by atoms with E-state index in [-0.39, 0.29) is 17.8 Å². The fraction of sp³-hybridized carbons (Fsp3) is 0.571. The van der Waals surface area contributed by atoms with E-state index < -0.39 is 4.92 Å². The van der Waals surface area contributed by atoms with Crippen molar-refractivity contribution in [3.63, 3.8) is 0 Å². The summed E-state index contributed by atoms with van der Waals surface area (Å²) in [5.41, 5.74) is 6.47. The third-order valence-electron chi connectivity index (χ3n) is 3.86. The van der Waals surface area contributed by atoms with Gasteiger partial charge in [0.2, 0.25) is 0 Å². The third-order valence-corrected chi connectivity index (χ3v) is 3.86. The minimum Gasteiger partial charge on any atom is -0.493 e. The van der Waals surface area contributed by atoms with Gasteiger partial charge < -0.3 is 20.5 Å². The van der Waals surface area contributed by atoms with Crippen molar-refractivity contribution in [2.24, 2.45) is 5.73 Å². The lowest BCUT2D eigenvalue weighted by atomic mass is 9.91. The number of rotatable bonds is 5. The molecule has 1 saturated carbocycles. The Bertz CT molecular complexity index is 521. The minimum absolute atomic E-state index is 0.00597. The predicted molar refractivity (Wildman–Crippen MR) is 80.1 cm³/mol. The largest absolute Gasteiger partial charge is 0.493 e. The standard InChI is InChI=1S/C14H21N3O4/c1-20-13-7-11(12(17(18)19)8-14(13)21-2)16-10-6-4-3-5-9(10)15/h7-10,16H,3-6,15H2,1-2H3/t9-,10-/m1/s1.